The second kappa shape index (κ2) is 6.45. The largest absolute Gasteiger partial charge is 0.504 e. The Kier molecular flexibility index (Phi) is 4.20. The summed E-state index contributed by atoms with van der Waals surface area (Å²) in [5.74, 6) is -0.232. The van der Waals surface area contributed by atoms with E-state index in [0.717, 1.165) is 10.5 Å². The molecule has 0 aromatic heterocycles. The van der Waals surface area contributed by atoms with Crippen molar-refractivity contribution in [2.75, 3.05) is 7.11 Å². The van der Waals surface area contributed by atoms with Crippen LogP contribution >= 0.6 is 0 Å². The Morgan fingerprint density at radius 1 is 1.12 bits per heavy atom. The fourth-order valence-corrected chi connectivity index (χ4v) is 2.46. The lowest BCUT2D eigenvalue weighted by molar-refractivity contribution is -0.123. The lowest BCUT2D eigenvalue weighted by Crippen LogP contribution is -2.30. The van der Waals surface area contributed by atoms with Crippen LogP contribution in [0.3, 0.4) is 0 Å². The Morgan fingerprint density at radius 2 is 1.88 bits per heavy atom. The molecule has 3 rings (SSSR count). The molecule has 1 saturated heterocycles. The summed E-state index contributed by atoms with van der Waals surface area (Å²) in [6.07, 6.45) is 1.43. The number of para-hydroxylation sites is 1. The molecule has 1 aliphatic rings. The molecular formula is C18H16N2O4. The van der Waals surface area contributed by atoms with E-state index in [1.54, 1.807) is 18.2 Å². The Labute approximate surface area is 139 Å². The number of phenols is 1. The summed E-state index contributed by atoms with van der Waals surface area (Å²) in [5.41, 5.74) is 1.35. The summed E-state index contributed by atoms with van der Waals surface area (Å²) in [6, 6.07) is 13.7. The van der Waals surface area contributed by atoms with E-state index in [-0.39, 0.29) is 18.0 Å². The number of imide groups is 1. The van der Waals surface area contributed by atoms with Gasteiger partial charge in [-0.2, -0.15) is 0 Å². The average Bonchev–Trinajstić information content (AvgIpc) is 2.85. The summed E-state index contributed by atoms with van der Waals surface area (Å²) >= 11 is 0. The Balaban J connectivity index is 1.86. The first-order valence-corrected chi connectivity index (χ1v) is 7.34. The number of rotatable bonds is 4. The van der Waals surface area contributed by atoms with Gasteiger partial charge in [0.15, 0.2) is 11.5 Å². The van der Waals surface area contributed by atoms with E-state index in [2.05, 4.69) is 5.32 Å². The number of aromatic hydroxyl groups is 1. The van der Waals surface area contributed by atoms with Crippen LogP contribution in [0.25, 0.3) is 6.08 Å². The van der Waals surface area contributed by atoms with Crippen LogP contribution in [0.15, 0.2) is 54.2 Å². The number of ether oxygens (including phenoxy) is 1. The molecule has 0 aliphatic carbocycles. The number of carbonyl (C=O) groups excluding carboxylic acids is 2. The van der Waals surface area contributed by atoms with Crippen LogP contribution < -0.4 is 10.1 Å². The molecule has 0 spiro atoms. The summed E-state index contributed by atoms with van der Waals surface area (Å²) in [6.45, 7) is 0.187. The molecule has 2 N–H and O–H groups in total. The number of methoxy groups -OCH3 is 1. The fourth-order valence-electron chi connectivity index (χ4n) is 2.46. The van der Waals surface area contributed by atoms with Gasteiger partial charge in [0.25, 0.3) is 5.91 Å². The molecule has 2 aromatic rings. The highest BCUT2D eigenvalue weighted by atomic mass is 16.5. The zero-order chi connectivity index (χ0) is 17.1. The summed E-state index contributed by atoms with van der Waals surface area (Å²) < 4.78 is 5.04. The number of hydrogen-bond acceptors (Lipinski definition) is 4. The Hall–Kier alpha value is -3.28. The molecule has 24 heavy (non-hydrogen) atoms. The molecule has 0 unspecified atom stereocenters. The second-order valence-corrected chi connectivity index (χ2v) is 5.26. The van der Waals surface area contributed by atoms with Crippen LogP contribution in [0.5, 0.6) is 11.5 Å². The van der Waals surface area contributed by atoms with Crippen molar-refractivity contribution in [2.45, 2.75) is 6.54 Å². The van der Waals surface area contributed by atoms with E-state index in [1.807, 2.05) is 30.3 Å². The van der Waals surface area contributed by atoms with Crippen LogP contribution in [0.2, 0.25) is 0 Å². The standard InChI is InChI=1S/C18H16N2O4/c1-24-15-9-5-8-13(16(15)21)10-14-17(22)20(18(23)19-14)11-12-6-3-2-4-7-12/h2-10,21H,11H2,1H3,(H,19,23)/b14-10-. The van der Waals surface area contributed by atoms with E-state index in [4.69, 9.17) is 4.74 Å². The molecule has 0 saturated carbocycles. The molecule has 1 heterocycles. The van der Waals surface area contributed by atoms with E-state index in [0.29, 0.717) is 11.3 Å². The highest BCUT2D eigenvalue weighted by Crippen LogP contribution is 2.31. The first kappa shape index (κ1) is 15.6. The van der Waals surface area contributed by atoms with Crippen molar-refractivity contribution < 1.29 is 19.4 Å². The monoisotopic (exact) mass is 324 g/mol. The highest BCUT2D eigenvalue weighted by molar-refractivity contribution is 6.14. The number of nitrogens with one attached hydrogen (secondary N) is 1. The number of hydrogen-bond donors (Lipinski definition) is 2. The van der Waals surface area contributed by atoms with Gasteiger partial charge >= 0.3 is 6.03 Å². The van der Waals surface area contributed by atoms with Gasteiger partial charge in [0.2, 0.25) is 0 Å². The maximum absolute atomic E-state index is 12.5. The molecule has 1 aliphatic heterocycles. The lowest BCUT2D eigenvalue weighted by Gasteiger charge is -2.11. The minimum atomic E-state index is -0.488. The van der Waals surface area contributed by atoms with Crippen LogP contribution in [0.4, 0.5) is 4.79 Å². The van der Waals surface area contributed by atoms with Crippen molar-refractivity contribution in [1.29, 1.82) is 0 Å². The number of amides is 3. The molecule has 1 fully saturated rings. The SMILES string of the molecule is COc1cccc(/C=C2\NC(=O)N(Cc3ccccc3)C2=O)c1O. The number of phenolic OH excluding ortho intramolecular Hbond substituents is 1. The molecule has 6 heteroatoms. The van der Waals surface area contributed by atoms with Gasteiger partial charge in [-0.3, -0.25) is 9.69 Å². The van der Waals surface area contributed by atoms with Crippen LogP contribution in [0, 0.1) is 0 Å². The zero-order valence-corrected chi connectivity index (χ0v) is 13.0. The maximum Gasteiger partial charge on any atom is 0.329 e. The normalized spacial score (nSPS) is 15.7. The molecule has 122 valence electrons. The lowest BCUT2D eigenvalue weighted by atomic mass is 10.1. The summed E-state index contributed by atoms with van der Waals surface area (Å²) in [4.78, 5) is 25.6. The van der Waals surface area contributed by atoms with Crippen molar-refractivity contribution in [1.82, 2.24) is 10.2 Å². The van der Waals surface area contributed by atoms with E-state index < -0.39 is 11.9 Å². The van der Waals surface area contributed by atoms with Gasteiger partial charge in [-0.1, -0.05) is 42.5 Å². The molecular weight excluding hydrogens is 308 g/mol. The van der Waals surface area contributed by atoms with Crippen LogP contribution in [-0.4, -0.2) is 29.1 Å². The van der Waals surface area contributed by atoms with Gasteiger partial charge in [0.1, 0.15) is 5.70 Å². The minimum Gasteiger partial charge on any atom is -0.504 e. The summed E-state index contributed by atoms with van der Waals surface area (Å²) in [7, 11) is 1.44. The molecule has 2 aromatic carbocycles. The van der Waals surface area contributed by atoms with Crippen molar-refractivity contribution in [3.8, 4) is 11.5 Å². The van der Waals surface area contributed by atoms with Gasteiger partial charge in [-0.05, 0) is 17.7 Å². The van der Waals surface area contributed by atoms with Crippen molar-refractivity contribution in [3.63, 3.8) is 0 Å². The zero-order valence-electron chi connectivity index (χ0n) is 13.0. The fraction of sp³-hybridized carbons (Fsp3) is 0.111. The topological polar surface area (TPSA) is 78.9 Å². The van der Waals surface area contributed by atoms with E-state index in [1.165, 1.54) is 13.2 Å². The van der Waals surface area contributed by atoms with Crippen molar-refractivity contribution in [3.05, 3.63) is 65.4 Å². The average molecular weight is 324 g/mol. The van der Waals surface area contributed by atoms with E-state index >= 15 is 0 Å². The number of carbonyl (C=O) groups is 2. The van der Waals surface area contributed by atoms with Gasteiger partial charge in [0, 0.05) is 5.56 Å². The molecule has 0 atom stereocenters. The molecule has 0 bridgehead atoms. The smallest absolute Gasteiger partial charge is 0.329 e. The van der Waals surface area contributed by atoms with Crippen molar-refractivity contribution >= 4 is 18.0 Å². The van der Waals surface area contributed by atoms with Crippen LogP contribution in [0.1, 0.15) is 11.1 Å². The first-order chi connectivity index (χ1) is 11.6. The minimum absolute atomic E-state index is 0.0870. The van der Waals surface area contributed by atoms with Gasteiger partial charge < -0.3 is 15.2 Å². The Bertz CT molecular complexity index is 815. The Morgan fingerprint density at radius 3 is 2.58 bits per heavy atom. The molecule has 0 radical (unpaired) electrons. The number of urea groups is 1. The van der Waals surface area contributed by atoms with Gasteiger partial charge in [-0.15, -0.1) is 0 Å². The van der Waals surface area contributed by atoms with Crippen LogP contribution in [-0.2, 0) is 11.3 Å². The highest BCUT2D eigenvalue weighted by Gasteiger charge is 2.33. The second-order valence-electron chi connectivity index (χ2n) is 5.26. The summed E-state index contributed by atoms with van der Waals surface area (Å²) in [5, 5.41) is 12.6. The van der Waals surface area contributed by atoms with Crippen molar-refractivity contribution in [2.24, 2.45) is 0 Å². The number of nitrogens with zero attached hydrogens (tertiary/aromatic N) is 1. The predicted octanol–water partition coefficient (Wildman–Crippen LogP) is 2.49. The molecule has 3 amide bonds. The maximum atomic E-state index is 12.5. The third-order valence-corrected chi connectivity index (χ3v) is 3.70. The van der Waals surface area contributed by atoms with Gasteiger partial charge in [-0.25, -0.2) is 4.79 Å². The quantitative estimate of drug-likeness (QED) is 0.669. The van der Waals surface area contributed by atoms with Gasteiger partial charge in [0.05, 0.1) is 13.7 Å². The third-order valence-electron chi connectivity index (χ3n) is 3.70. The van der Waals surface area contributed by atoms with E-state index in [9.17, 15) is 14.7 Å². The molecule has 6 nitrogen and oxygen atoms in total. The number of benzene rings is 2. The first-order valence-electron chi connectivity index (χ1n) is 7.34. The predicted molar refractivity (Wildman–Crippen MR) is 88.2 cm³/mol. The third kappa shape index (κ3) is 2.94.